The van der Waals surface area contributed by atoms with E-state index in [4.69, 9.17) is 10.5 Å². The average Bonchev–Trinajstić information content (AvgIpc) is 3.27. The van der Waals surface area contributed by atoms with E-state index in [1.54, 1.807) is 0 Å². The zero-order chi connectivity index (χ0) is 20.7. The van der Waals surface area contributed by atoms with E-state index in [1.807, 2.05) is 19.1 Å². The van der Waals surface area contributed by atoms with Crippen molar-refractivity contribution in [3.05, 3.63) is 45.9 Å². The van der Waals surface area contributed by atoms with Crippen LogP contribution in [0.5, 0.6) is 0 Å². The maximum Gasteiger partial charge on any atom is 0.183 e. The molecule has 2 N–H and O–H groups in total. The van der Waals surface area contributed by atoms with Crippen molar-refractivity contribution in [2.24, 2.45) is 5.73 Å². The van der Waals surface area contributed by atoms with Crippen LogP contribution >= 0.6 is 23.1 Å². The summed E-state index contributed by atoms with van der Waals surface area (Å²) in [5.74, 6) is 1.18. The van der Waals surface area contributed by atoms with Crippen LogP contribution in [0.3, 0.4) is 0 Å². The number of anilines is 1. The summed E-state index contributed by atoms with van der Waals surface area (Å²) in [5.41, 5.74) is 7.78. The zero-order valence-electron chi connectivity index (χ0n) is 16.8. The number of carbonyl (C=O) groups excluding carboxylic acids is 1. The van der Waals surface area contributed by atoms with Gasteiger partial charge in [0.1, 0.15) is 10.9 Å². The number of thioether (sulfide) groups is 1. The van der Waals surface area contributed by atoms with Gasteiger partial charge in [-0.2, -0.15) is 0 Å². The van der Waals surface area contributed by atoms with Gasteiger partial charge in [-0.15, -0.1) is 11.3 Å². The summed E-state index contributed by atoms with van der Waals surface area (Å²) in [7, 11) is 0. The van der Waals surface area contributed by atoms with Crippen molar-refractivity contribution in [3.8, 4) is 0 Å². The number of aromatic nitrogens is 2. The molecule has 6 rings (SSSR count). The van der Waals surface area contributed by atoms with E-state index in [-0.39, 0.29) is 5.78 Å². The van der Waals surface area contributed by atoms with Crippen LogP contribution in [0.1, 0.15) is 33.2 Å². The molecule has 3 aliphatic rings. The van der Waals surface area contributed by atoms with Crippen LogP contribution in [0.25, 0.3) is 10.9 Å². The second-order valence-electron chi connectivity index (χ2n) is 7.80. The molecular weight excluding hydrogens is 416 g/mol. The molecular formula is C22H24N4O2S2. The Balaban J connectivity index is 1.41. The van der Waals surface area contributed by atoms with Crippen molar-refractivity contribution < 1.29 is 9.53 Å². The topological polar surface area (TPSA) is 81.3 Å². The monoisotopic (exact) mass is 440 g/mol. The number of hydrogen-bond donors (Lipinski definition) is 1. The number of fused-ring (bicyclic) bond motifs is 4. The Morgan fingerprint density at radius 3 is 2.90 bits per heavy atom. The minimum Gasteiger partial charge on any atom is -0.374 e. The molecule has 0 amide bonds. The molecule has 8 heteroatoms. The maximum atomic E-state index is 12.7. The Morgan fingerprint density at radius 1 is 1.30 bits per heavy atom. The first kappa shape index (κ1) is 19.9. The van der Waals surface area contributed by atoms with Gasteiger partial charge in [0.2, 0.25) is 0 Å². The molecule has 2 atom stereocenters. The maximum absolute atomic E-state index is 12.7. The molecule has 1 aromatic carbocycles. The van der Waals surface area contributed by atoms with Gasteiger partial charge in [-0.1, -0.05) is 11.8 Å². The molecule has 30 heavy (non-hydrogen) atoms. The number of morpholine rings is 1. The van der Waals surface area contributed by atoms with Crippen LogP contribution < -0.4 is 10.6 Å². The van der Waals surface area contributed by atoms with E-state index < -0.39 is 0 Å². The third-order valence-corrected chi connectivity index (χ3v) is 7.89. The summed E-state index contributed by atoms with van der Waals surface area (Å²) in [6, 6.07) is 10.6. The van der Waals surface area contributed by atoms with E-state index in [9.17, 15) is 4.79 Å². The molecule has 3 aromatic rings. The fraction of sp³-hybridized carbons (Fsp3) is 0.409. The fourth-order valence-corrected chi connectivity index (χ4v) is 6.05. The van der Waals surface area contributed by atoms with Gasteiger partial charge in [-0.05, 0) is 50.1 Å². The number of piperidine rings is 1. The molecule has 2 aromatic heterocycles. The Bertz CT molecular complexity index is 1090. The number of Topliss-reactive ketones (excluding diaryl/α,β-unsaturated/α-hetero) is 1. The van der Waals surface area contributed by atoms with E-state index in [2.05, 4.69) is 33.1 Å². The molecule has 0 aliphatic carbocycles. The number of rotatable bonds is 6. The van der Waals surface area contributed by atoms with E-state index in [0.29, 0.717) is 24.4 Å². The Morgan fingerprint density at radius 2 is 2.20 bits per heavy atom. The third kappa shape index (κ3) is 3.85. The number of benzene rings is 1. The lowest BCUT2D eigenvalue weighted by atomic mass is 9.96. The number of carbonyl (C=O) groups is 1. The van der Waals surface area contributed by atoms with Gasteiger partial charge in [0.25, 0.3) is 0 Å². The van der Waals surface area contributed by atoms with Crippen LogP contribution in [0, 0.1) is 6.92 Å². The van der Waals surface area contributed by atoms with Crippen molar-refractivity contribution in [3.63, 3.8) is 0 Å². The van der Waals surface area contributed by atoms with Crippen molar-refractivity contribution in [2.75, 3.05) is 23.8 Å². The first-order valence-electron chi connectivity index (χ1n) is 10.2. The van der Waals surface area contributed by atoms with Crippen LogP contribution in [0.15, 0.2) is 35.4 Å². The van der Waals surface area contributed by atoms with Crippen molar-refractivity contribution in [2.45, 2.75) is 43.5 Å². The average molecular weight is 441 g/mol. The lowest BCUT2D eigenvalue weighted by Gasteiger charge is -2.46. The SMILES string of the molecule is Cc1nc(SCC(=O)c2ccc(CN)s2)c2cc(N3CC4CCC3CO4)ccc2n1. The molecule has 0 spiro atoms. The molecule has 0 radical (unpaired) electrons. The van der Waals surface area contributed by atoms with Crippen molar-refractivity contribution >= 4 is 45.5 Å². The highest BCUT2D eigenvalue weighted by molar-refractivity contribution is 8.00. The van der Waals surface area contributed by atoms with Gasteiger partial charge < -0.3 is 15.4 Å². The first-order valence-corrected chi connectivity index (χ1v) is 12.0. The molecule has 156 valence electrons. The van der Waals surface area contributed by atoms with Crippen molar-refractivity contribution in [1.82, 2.24) is 9.97 Å². The lowest BCUT2D eigenvalue weighted by molar-refractivity contribution is -0.0225. The Labute approximate surface area is 183 Å². The van der Waals surface area contributed by atoms with E-state index in [0.717, 1.165) is 51.1 Å². The normalized spacial score (nSPS) is 20.8. The van der Waals surface area contributed by atoms with E-state index >= 15 is 0 Å². The van der Waals surface area contributed by atoms with Crippen LogP contribution in [0.4, 0.5) is 5.69 Å². The number of ketones is 1. The summed E-state index contributed by atoms with van der Waals surface area (Å²) in [6.45, 7) is 4.10. The highest BCUT2D eigenvalue weighted by Gasteiger charge is 2.34. The number of thiophene rings is 1. The second kappa shape index (κ2) is 8.26. The van der Waals surface area contributed by atoms with Gasteiger partial charge in [0.15, 0.2) is 5.78 Å². The Hall–Kier alpha value is -2.00. The van der Waals surface area contributed by atoms with E-state index in [1.165, 1.54) is 35.2 Å². The molecule has 2 bridgehead atoms. The highest BCUT2D eigenvalue weighted by atomic mass is 32.2. The standard InChI is InChI=1S/C22H24N4O2S2/c1-13-24-19-6-3-14(26-10-16-4-2-15(26)11-28-16)8-18(19)22(25-13)29-12-20(27)21-7-5-17(9-23)30-21/h3,5-8,15-16H,2,4,9-12,23H2,1H3. The van der Waals surface area contributed by atoms with Gasteiger partial charge in [0.05, 0.1) is 34.9 Å². The minimum absolute atomic E-state index is 0.107. The number of nitrogens with zero attached hydrogens (tertiary/aromatic N) is 3. The molecule has 0 saturated carbocycles. The van der Waals surface area contributed by atoms with Gasteiger partial charge in [-0.25, -0.2) is 9.97 Å². The lowest BCUT2D eigenvalue weighted by Crippen LogP contribution is -2.54. The summed E-state index contributed by atoms with van der Waals surface area (Å²) >= 11 is 2.96. The first-order chi connectivity index (χ1) is 14.6. The molecule has 3 aliphatic heterocycles. The van der Waals surface area contributed by atoms with Crippen molar-refractivity contribution in [1.29, 1.82) is 0 Å². The summed E-state index contributed by atoms with van der Waals surface area (Å²) < 4.78 is 5.86. The zero-order valence-corrected chi connectivity index (χ0v) is 18.5. The third-order valence-electron chi connectivity index (χ3n) is 5.75. The molecule has 2 unspecified atom stereocenters. The molecule has 6 nitrogen and oxygen atoms in total. The highest BCUT2D eigenvalue weighted by Crippen LogP contribution is 2.34. The predicted octanol–water partition coefficient (Wildman–Crippen LogP) is 3.80. The summed E-state index contributed by atoms with van der Waals surface area (Å²) in [6.07, 6.45) is 2.65. The number of ether oxygens (including phenoxy) is 1. The largest absolute Gasteiger partial charge is 0.374 e. The minimum atomic E-state index is 0.107. The molecule has 3 saturated heterocycles. The Kier molecular flexibility index (Phi) is 5.49. The summed E-state index contributed by atoms with van der Waals surface area (Å²) in [5, 5.41) is 1.87. The van der Waals surface area contributed by atoms with Crippen LogP contribution in [-0.4, -0.2) is 46.8 Å². The number of hydrogen-bond acceptors (Lipinski definition) is 8. The van der Waals surface area contributed by atoms with Crippen LogP contribution in [-0.2, 0) is 11.3 Å². The second-order valence-corrected chi connectivity index (χ2v) is 9.93. The number of nitrogens with two attached hydrogens (primary N) is 1. The van der Waals surface area contributed by atoms with Gasteiger partial charge >= 0.3 is 0 Å². The van der Waals surface area contributed by atoms with Gasteiger partial charge in [-0.3, -0.25) is 4.79 Å². The van der Waals surface area contributed by atoms with Crippen LogP contribution in [0.2, 0.25) is 0 Å². The quantitative estimate of drug-likeness (QED) is 0.355. The molecule has 3 fully saturated rings. The fourth-order valence-electron chi connectivity index (χ4n) is 4.20. The number of aryl methyl sites for hydroxylation is 1. The van der Waals surface area contributed by atoms with Gasteiger partial charge in [0, 0.05) is 29.0 Å². The molecule has 5 heterocycles. The summed E-state index contributed by atoms with van der Waals surface area (Å²) in [4.78, 5) is 26.2. The predicted molar refractivity (Wildman–Crippen MR) is 122 cm³/mol. The smallest absolute Gasteiger partial charge is 0.183 e.